The van der Waals surface area contributed by atoms with Gasteiger partial charge in [0.2, 0.25) is 10.0 Å². The van der Waals surface area contributed by atoms with E-state index in [2.05, 4.69) is 15.0 Å². The van der Waals surface area contributed by atoms with Crippen LogP contribution in [0.15, 0.2) is 48.8 Å². The molecule has 0 aliphatic heterocycles. The zero-order valence-electron chi connectivity index (χ0n) is 17.8. The van der Waals surface area contributed by atoms with Crippen LogP contribution in [0.4, 0.5) is 11.4 Å². The molecule has 3 rings (SSSR count). The van der Waals surface area contributed by atoms with Crippen molar-refractivity contribution in [2.75, 3.05) is 36.6 Å². The molecule has 0 spiro atoms. The Morgan fingerprint density at radius 1 is 1.16 bits per heavy atom. The van der Waals surface area contributed by atoms with E-state index in [1.165, 1.54) is 18.2 Å². The molecular weight excluding hydrogens is 456 g/mol. The third kappa shape index (κ3) is 6.46. The Balaban J connectivity index is 1.75. The Kier molecular flexibility index (Phi) is 7.39. The van der Waals surface area contributed by atoms with Gasteiger partial charge in [-0.25, -0.2) is 13.4 Å². The maximum Gasteiger partial charge on any atom is 0.257 e. The third-order valence-electron chi connectivity index (χ3n) is 4.26. The lowest BCUT2D eigenvalue weighted by molar-refractivity contribution is 0.102. The van der Waals surface area contributed by atoms with Crippen molar-refractivity contribution in [3.63, 3.8) is 0 Å². The molecule has 32 heavy (non-hydrogen) atoms. The lowest BCUT2D eigenvalue weighted by Crippen LogP contribution is -2.13. The molecule has 170 valence electrons. The van der Waals surface area contributed by atoms with Gasteiger partial charge in [-0.15, -0.1) is 0 Å². The molecule has 0 aliphatic carbocycles. The van der Waals surface area contributed by atoms with Gasteiger partial charge in [-0.3, -0.25) is 9.52 Å². The number of carbonyl (C=O) groups is 1. The monoisotopic (exact) mass is 478 g/mol. The molecule has 11 heteroatoms. The van der Waals surface area contributed by atoms with Gasteiger partial charge in [0.05, 0.1) is 30.3 Å². The van der Waals surface area contributed by atoms with Crippen LogP contribution in [0.5, 0.6) is 5.75 Å². The summed E-state index contributed by atoms with van der Waals surface area (Å²) >= 11 is 6.05. The summed E-state index contributed by atoms with van der Waals surface area (Å²) in [5.74, 6) is 0.870. The molecule has 0 saturated carbocycles. The second kappa shape index (κ2) is 10.0. The average molecular weight is 479 g/mol. The fourth-order valence-corrected chi connectivity index (χ4v) is 3.71. The smallest absolute Gasteiger partial charge is 0.257 e. The van der Waals surface area contributed by atoms with Crippen molar-refractivity contribution in [2.45, 2.75) is 6.92 Å². The first-order valence-electron chi connectivity index (χ1n) is 9.51. The number of methoxy groups -OCH3 is 1. The van der Waals surface area contributed by atoms with E-state index in [1.807, 2.05) is 6.92 Å². The van der Waals surface area contributed by atoms with Gasteiger partial charge in [0.15, 0.2) is 0 Å². The highest BCUT2D eigenvalue weighted by Gasteiger charge is 2.14. The maximum absolute atomic E-state index is 12.8. The van der Waals surface area contributed by atoms with Crippen molar-refractivity contribution < 1.29 is 22.7 Å². The third-order valence-corrected chi connectivity index (χ3v) is 5.08. The lowest BCUT2D eigenvalue weighted by Gasteiger charge is -2.09. The molecule has 1 aromatic carbocycles. The van der Waals surface area contributed by atoms with E-state index in [0.29, 0.717) is 36.0 Å². The molecule has 0 atom stereocenters. The van der Waals surface area contributed by atoms with Crippen LogP contribution in [0.2, 0.25) is 5.02 Å². The van der Waals surface area contributed by atoms with Crippen LogP contribution in [0.1, 0.15) is 16.1 Å². The second-order valence-corrected chi connectivity index (χ2v) is 9.18. The van der Waals surface area contributed by atoms with Crippen molar-refractivity contribution in [3.05, 3.63) is 65.1 Å². The molecule has 2 heterocycles. The number of ether oxygens (including phenoxy) is 2. The number of nitrogens with one attached hydrogen (secondary N) is 2. The molecule has 2 N–H and O–H groups in total. The van der Waals surface area contributed by atoms with E-state index in [1.54, 1.807) is 42.3 Å². The molecule has 3 aromatic rings. The summed E-state index contributed by atoms with van der Waals surface area (Å²) in [6.45, 7) is 2.76. The Morgan fingerprint density at radius 3 is 2.56 bits per heavy atom. The van der Waals surface area contributed by atoms with Crippen molar-refractivity contribution >= 4 is 38.9 Å². The van der Waals surface area contributed by atoms with Crippen molar-refractivity contribution in [1.82, 2.24) is 9.55 Å². The number of anilines is 2. The Morgan fingerprint density at radius 2 is 1.91 bits per heavy atom. The van der Waals surface area contributed by atoms with Gasteiger partial charge >= 0.3 is 0 Å². The SMILES string of the molecule is COCCOc1ccc(-n2cc(C(=O)Nc3cc(Cl)cc(NS(C)(=O)=O)c3)cc2C)nc1. The minimum absolute atomic E-state index is 0.251. The number of carbonyl (C=O) groups excluding carboxylic acids is 1. The highest BCUT2D eigenvalue weighted by atomic mass is 35.5. The number of sulfonamides is 1. The standard InChI is InChI=1S/C21H23ClN4O5S/c1-14-8-15(13-26(14)20-5-4-19(12-23-20)31-7-6-30-2)21(27)24-17-9-16(22)10-18(11-17)25-32(3,28)29/h4-5,8-13,25H,6-7H2,1-3H3,(H,24,27). The fourth-order valence-electron chi connectivity index (χ4n) is 2.93. The first-order chi connectivity index (χ1) is 15.1. The first-order valence-corrected chi connectivity index (χ1v) is 11.8. The van der Waals surface area contributed by atoms with Gasteiger partial charge in [-0.1, -0.05) is 11.6 Å². The molecule has 0 unspecified atom stereocenters. The van der Waals surface area contributed by atoms with Crippen LogP contribution in [0.3, 0.4) is 0 Å². The summed E-state index contributed by atoms with van der Waals surface area (Å²) in [6, 6.07) is 9.77. The summed E-state index contributed by atoms with van der Waals surface area (Å²) in [5.41, 5.74) is 1.82. The second-order valence-electron chi connectivity index (χ2n) is 6.99. The Bertz CT molecular complexity index is 1210. The van der Waals surface area contributed by atoms with E-state index >= 15 is 0 Å². The van der Waals surface area contributed by atoms with Gasteiger partial charge in [-0.05, 0) is 43.3 Å². The molecule has 0 saturated heterocycles. The zero-order valence-corrected chi connectivity index (χ0v) is 19.3. The number of benzene rings is 1. The lowest BCUT2D eigenvalue weighted by atomic mass is 10.2. The van der Waals surface area contributed by atoms with E-state index in [-0.39, 0.29) is 16.6 Å². The number of pyridine rings is 1. The highest BCUT2D eigenvalue weighted by Crippen LogP contribution is 2.24. The van der Waals surface area contributed by atoms with E-state index < -0.39 is 10.0 Å². The Hall–Kier alpha value is -3.08. The summed E-state index contributed by atoms with van der Waals surface area (Å²) in [6.07, 6.45) is 4.30. The van der Waals surface area contributed by atoms with E-state index in [0.717, 1.165) is 11.9 Å². The van der Waals surface area contributed by atoms with Crippen LogP contribution in [-0.2, 0) is 14.8 Å². The molecule has 2 aromatic heterocycles. The number of amides is 1. The van der Waals surface area contributed by atoms with Gasteiger partial charge in [0.1, 0.15) is 18.2 Å². The minimum atomic E-state index is -3.48. The summed E-state index contributed by atoms with van der Waals surface area (Å²) in [4.78, 5) is 17.1. The number of hydrogen-bond acceptors (Lipinski definition) is 6. The summed E-state index contributed by atoms with van der Waals surface area (Å²) in [7, 11) is -1.88. The Labute approximate surface area is 191 Å². The van der Waals surface area contributed by atoms with Crippen molar-refractivity contribution in [2.24, 2.45) is 0 Å². The highest BCUT2D eigenvalue weighted by molar-refractivity contribution is 7.92. The number of aryl methyl sites for hydroxylation is 1. The van der Waals surface area contributed by atoms with Gasteiger partial charge in [0, 0.05) is 29.7 Å². The largest absolute Gasteiger partial charge is 0.490 e. The number of rotatable bonds is 9. The quantitative estimate of drug-likeness (QED) is 0.455. The topological polar surface area (TPSA) is 112 Å². The van der Waals surface area contributed by atoms with Crippen molar-refractivity contribution in [1.29, 1.82) is 0 Å². The van der Waals surface area contributed by atoms with Crippen molar-refractivity contribution in [3.8, 4) is 11.6 Å². The van der Waals surface area contributed by atoms with Crippen LogP contribution in [0, 0.1) is 6.92 Å². The predicted octanol–water partition coefficient (Wildman–Crippen LogP) is 3.48. The summed E-state index contributed by atoms with van der Waals surface area (Å²) < 4.78 is 37.5. The molecule has 0 radical (unpaired) electrons. The van der Waals surface area contributed by atoms with Crippen LogP contribution in [-0.4, -0.2) is 50.5 Å². The van der Waals surface area contributed by atoms with E-state index in [9.17, 15) is 13.2 Å². The van der Waals surface area contributed by atoms with Gasteiger partial charge in [0.25, 0.3) is 5.91 Å². The van der Waals surface area contributed by atoms with Crippen LogP contribution in [0.25, 0.3) is 5.82 Å². The molecule has 0 aliphatic rings. The molecule has 9 nitrogen and oxygen atoms in total. The van der Waals surface area contributed by atoms with E-state index in [4.69, 9.17) is 21.1 Å². The molecule has 0 bridgehead atoms. The zero-order chi connectivity index (χ0) is 23.3. The molecule has 1 amide bonds. The number of hydrogen-bond donors (Lipinski definition) is 2. The van der Waals surface area contributed by atoms with Crippen LogP contribution < -0.4 is 14.8 Å². The number of halogens is 1. The predicted molar refractivity (Wildman–Crippen MR) is 124 cm³/mol. The minimum Gasteiger partial charge on any atom is -0.490 e. The van der Waals surface area contributed by atoms with Gasteiger partial charge in [-0.2, -0.15) is 0 Å². The summed E-state index contributed by atoms with van der Waals surface area (Å²) in [5, 5.41) is 3.01. The fraction of sp³-hybridized carbons (Fsp3) is 0.238. The number of nitrogens with zero attached hydrogens (tertiary/aromatic N) is 2. The molecular formula is C21H23ClN4O5S. The normalized spacial score (nSPS) is 11.2. The first kappa shape index (κ1) is 23.6. The number of aromatic nitrogens is 2. The molecule has 0 fully saturated rings. The van der Waals surface area contributed by atoms with Crippen LogP contribution >= 0.6 is 11.6 Å². The van der Waals surface area contributed by atoms with Gasteiger partial charge < -0.3 is 19.4 Å². The maximum atomic E-state index is 12.8. The average Bonchev–Trinajstić information content (AvgIpc) is 3.09.